The summed E-state index contributed by atoms with van der Waals surface area (Å²) < 4.78 is 6.29. The number of carbonyl (C=O) groups is 3. The summed E-state index contributed by atoms with van der Waals surface area (Å²) in [5.74, 6) is -2.95. The second-order valence-electron chi connectivity index (χ2n) is 16.2. The van der Waals surface area contributed by atoms with Crippen LogP contribution in [-0.2, 0) is 16.6 Å². The van der Waals surface area contributed by atoms with Crippen molar-refractivity contribution >= 4 is 45.3 Å². The van der Waals surface area contributed by atoms with E-state index in [0.29, 0.717) is 50.8 Å². The van der Waals surface area contributed by atoms with Crippen LogP contribution in [0.4, 0.5) is 0 Å². The maximum atomic E-state index is 12.9. The first kappa shape index (κ1) is 43.0. The van der Waals surface area contributed by atoms with E-state index in [2.05, 4.69) is 6.92 Å². The van der Waals surface area contributed by atoms with Gasteiger partial charge in [0.25, 0.3) is 0 Å². The number of fused-ring (bicyclic) bond motifs is 3. The lowest BCUT2D eigenvalue weighted by Gasteiger charge is -2.39. The van der Waals surface area contributed by atoms with Gasteiger partial charge in [-0.3, -0.25) is 4.79 Å². The highest BCUT2D eigenvalue weighted by Crippen LogP contribution is 2.51. The number of phenols is 2. The van der Waals surface area contributed by atoms with Crippen LogP contribution in [0.5, 0.6) is 17.2 Å². The maximum Gasteiger partial charge on any atom is 0.339 e. The number of hydrogen-bond acceptors (Lipinski definition) is 6. The molecule has 5 aromatic rings. The number of carboxylic acid groups (broad SMARTS) is 2. The minimum atomic E-state index is -1.35. The molecular formula is C51H58O8. The first-order chi connectivity index (χ1) is 28.7. The summed E-state index contributed by atoms with van der Waals surface area (Å²) in [4.78, 5) is 38.3. The van der Waals surface area contributed by atoms with Gasteiger partial charge < -0.3 is 25.2 Å². The molecule has 6 rings (SSSR count). The van der Waals surface area contributed by atoms with E-state index in [1.807, 2.05) is 24.3 Å². The second-order valence-corrected chi connectivity index (χ2v) is 16.2. The molecule has 0 amide bonds. The molecule has 8 heteroatoms. The van der Waals surface area contributed by atoms with Crippen LogP contribution >= 0.6 is 0 Å². The first-order valence-corrected chi connectivity index (χ1v) is 21.6. The molecule has 0 saturated carbocycles. The van der Waals surface area contributed by atoms with E-state index in [1.165, 1.54) is 95.6 Å². The number of aromatic carboxylic acids is 2. The quantitative estimate of drug-likeness (QED) is 0.0378. The third-order valence-electron chi connectivity index (χ3n) is 12.1. The summed E-state index contributed by atoms with van der Waals surface area (Å²) in [5.41, 5.74) is 0.734. The maximum absolute atomic E-state index is 12.9. The van der Waals surface area contributed by atoms with Gasteiger partial charge in [0.05, 0.1) is 6.61 Å². The fraction of sp³-hybridized carbons (Fsp3) is 0.392. The predicted octanol–water partition coefficient (Wildman–Crippen LogP) is 12.6. The largest absolute Gasteiger partial charge is 0.506 e. The lowest BCUT2D eigenvalue weighted by Crippen LogP contribution is -2.33. The van der Waals surface area contributed by atoms with Crippen molar-refractivity contribution in [2.75, 3.05) is 6.61 Å². The number of hydrogen-bond donors (Lipinski definition) is 4. The number of aromatic hydroxyl groups is 2. The highest BCUT2D eigenvalue weighted by Gasteiger charge is 2.41. The van der Waals surface area contributed by atoms with E-state index in [-0.39, 0.29) is 22.9 Å². The minimum absolute atomic E-state index is 0.220. The van der Waals surface area contributed by atoms with E-state index in [4.69, 9.17) is 4.74 Å². The molecule has 0 aromatic heterocycles. The summed E-state index contributed by atoms with van der Waals surface area (Å²) >= 11 is 0. The van der Waals surface area contributed by atoms with E-state index < -0.39 is 28.9 Å². The Morgan fingerprint density at radius 1 is 0.610 bits per heavy atom. The number of unbranched alkanes of at least 4 members (excludes halogenated alkanes) is 15. The Kier molecular flexibility index (Phi) is 14.8. The molecule has 0 radical (unpaired) electrons. The number of rotatable bonds is 23. The number of benzene rings is 5. The van der Waals surface area contributed by atoms with Gasteiger partial charge >= 0.3 is 11.9 Å². The van der Waals surface area contributed by atoms with E-state index in [0.717, 1.165) is 31.1 Å². The Hall–Kier alpha value is -5.63. The van der Waals surface area contributed by atoms with Crippen molar-refractivity contribution in [1.82, 2.24) is 0 Å². The van der Waals surface area contributed by atoms with Crippen molar-refractivity contribution in [2.24, 2.45) is 0 Å². The monoisotopic (exact) mass is 798 g/mol. The summed E-state index contributed by atoms with van der Waals surface area (Å²) in [6, 6.07) is 22.3. The lowest BCUT2D eigenvalue weighted by atomic mass is 9.63. The highest BCUT2D eigenvalue weighted by molar-refractivity contribution is 6.11. The molecule has 4 N–H and O–H groups in total. The molecular weight excluding hydrogens is 741 g/mol. The van der Waals surface area contributed by atoms with Crippen LogP contribution in [0.1, 0.15) is 153 Å². The minimum Gasteiger partial charge on any atom is -0.506 e. The van der Waals surface area contributed by atoms with Gasteiger partial charge in [-0.2, -0.15) is 0 Å². The van der Waals surface area contributed by atoms with Crippen LogP contribution in [0.25, 0.3) is 27.1 Å². The zero-order valence-corrected chi connectivity index (χ0v) is 34.3. The van der Waals surface area contributed by atoms with Gasteiger partial charge in [0.1, 0.15) is 34.7 Å². The molecule has 0 aliphatic heterocycles. The van der Waals surface area contributed by atoms with Gasteiger partial charge in [-0.05, 0) is 76.2 Å². The molecule has 0 fully saturated rings. The zero-order valence-electron chi connectivity index (χ0n) is 34.3. The van der Waals surface area contributed by atoms with Crippen molar-refractivity contribution in [3.05, 3.63) is 118 Å². The zero-order chi connectivity index (χ0) is 41.8. The van der Waals surface area contributed by atoms with Gasteiger partial charge in [-0.25, -0.2) is 9.59 Å². The van der Waals surface area contributed by atoms with Gasteiger partial charge in [0.15, 0.2) is 0 Å². The molecule has 0 heterocycles. The van der Waals surface area contributed by atoms with Crippen molar-refractivity contribution in [3.63, 3.8) is 0 Å². The Morgan fingerprint density at radius 3 is 1.66 bits per heavy atom. The molecule has 8 nitrogen and oxygen atoms in total. The summed E-state index contributed by atoms with van der Waals surface area (Å²) in [6.45, 7) is 2.74. The fourth-order valence-corrected chi connectivity index (χ4v) is 8.98. The average Bonchev–Trinajstić information content (AvgIpc) is 3.24. The van der Waals surface area contributed by atoms with Gasteiger partial charge in [-0.1, -0.05) is 158 Å². The Morgan fingerprint density at radius 2 is 1.10 bits per heavy atom. The SMILES string of the molecule is CCCCCCCCCCCCCCCCCCOc1ccc2c(O)c(C(=O)O)cc(C3(c4cc(C(=O)O)c(O)c5ccccc45)C=C(C=O)c4ccccc4C3)c2c1. The van der Waals surface area contributed by atoms with Crippen molar-refractivity contribution in [1.29, 1.82) is 0 Å². The molecule has 1 atom stereocenters. The number of aldehydes is 1. The summed E-state index contributed by atoms with van der Waals surface area (Å²) in [6.07, 6.45) is 23.1. The topological polar surface area (TPSA) is 141 Å². The predicted molar refractivity (Wildman–Crippen MR) is 235 cm³/mol. The van der Waals surface area contributed by atoms with E-state index in [9.17, 15) is 34.8 Å². The van der Waals surface area contributed by atoms with Crippen LogP contribution in [0, 0.1) is 0 Å². The standard InChI is InChI=1S/C51H58O8/c1-2-3-4-5-6-7-8-9-10-11-12-13-14-15-16-21-28-59-37-26-27-41-42(29-37)46(31-44(48(41)54)50(57)58)51(32-35-22-17-18-23-38(35)36(33-51)34-52)45-30-43(49(55)56)47(53)40-25-20-19-24-39(40)45/h17-20,22-27,29-31,33-34,53-54H,2-16,21,28,32H2,1H3,(H,55,56)(H,57,58). The van der Waals surface area contributed by atoms with Crippen LogP contribution in [0.15, 0.2) is 84.9 Å². The molecule has 310 valence electrons. The smallest absolute Gasteiger partial charge is 0.339 e. The summed E-state index contributed by atoms with van der Waals surface area (Å²) in [5, 5.41) is 44.9. The molecule has 1 aliphatic carbocycles. The lowest BCUT2D eigenvalue weighted by molar-refractivity contribution is -0.103. The Labute approximate surface area is 347 Å². The normalized spacial score (nSPS) is 14.9. The van der Waals surface area contributed by atoms with Gasteiger partial charge in [0.2, 0.25) is 0 Å². The molecule has 1 aliphatic rings. The molecule has 1 unspecified atom stereocenters. The molecule has 0 spiro atoms. The molecule has 0 saturated heterocycles. The van der Waals surface area contributed by atoms with E-state index >= 15 is 0 Å². The molecule has 59 heavy (non-hydrogen) atoms. The first-order valence-electron chi connectivity index (χ1n) is 21.6. The van der Waals surface area contributed by atoms with E-state index in [1.54, 1.807) is 48.5 Å². The number of ether oxygens (including phenoxy) is 1. The fourth-order valence-electron chi connectivity index (χ4n) is 8.98. The number of carbonyl (C=O) groups excluding carboxylic acids is 1. The Balaban J connectivity index is 1.25. The average molecular weight is 799 g/mol. The second kappa shape index (κ2) is 20.4. The van der Waals surface area contributed by atoms with Crippen molar-refractivity contribution in [2.45, 2.75) is 121 Å². The van der Waals surface area contributed by atoms with Crippen LogP contribution in [-0.4, -0.2) is 45.3 Å². The highest BCUT2D eigenvalue weighted by atomic mass is 16.5. The number of allylic oxidation sites excluding steroid dienone is 2. The van der Waals surface area contributed by atoms with Crippen LogP contribution in [0.3, 0.4) is 0 Å². The molecule has 5 aromatic carbocycles. The van der Waals surface area contributed by atoms with Crippen LogP contribution < -0.4 is 4.74 Å². The summed E-state index contributed by atoms with van der Waals surface area (Å²) in [7, 11) is 0. The third-order valence-corrected chi connectivity index (χ3v) is 12.1. The van der Waals surface area contributed by atoms with Crippen LogP contribution in [0.2, 0.25) is 0 Å². The Bertz CT molecular complexity index is 2310. The van der Waals surface area contributed by atoms with Gasteiger partial charge in [0, 0.05) is 21.8 Å². The third kappa shape index (κ3) is 9.81. The van der Waals surface area contributed by atoms with Gasteiger partial charge in [-0.15, -0.1) is 0 Å². The molecule has 0 bridgehead atoms. The van der Waals surface area contributed by atoms with Crippen molar-refractivity contribution in [3.8, 4) is 17.2 Å². The van der Waals surface area contributed by atoms with Crippen molar-refractivity contribution < 1.29 is 39.5 Å². The number of carboxylic acids is 2.